The molecule has 16 heavy (non-hydrogen) atoms. The van der Waals surface area contributed by atoms with Crippen molar-refractivity contribution >= 4 is 0 Å². The molecule has 3 unspecified atom stereocenters. The summed E-state index contributed by atoms with van der Waals surface area (Å²) in [4.78, 5) is 0. The largest absolute Gasteiger partial charge is 0.469 e. The van der Waals surface area contributed by atoms with E-state index in [0.29, 0.717) is 6.04 Å². The van der Waals surface area contributed by atoms with Crippen molar-refractivity contribution in [3.8, 4) is 0 Å². The van der Waals surface area contributed by atoms with Gasteiger partial charge in [-0.25, -0.2) is 0 Å². The van der Waals surface area contributed by atoms with E-state index in [1.165, 1.54) is 19.3 Å². The van der Waals surface area contributed by atoms with Gasteiger partial charge in [0.15, 0.2) is 0 Å². The normalized spacial score (nSPS) is 33.7. The molecular weight excluding hydrogens is 198 g/mol. The minimum atomic E-state index is 0.645. The number of rotatable bonds is 5. The summed E-state index contributed by atoms with van der Waals surface area (Å²) in [6.45, 7) is 3.27. The molecule has 2 fully saturated rings. The molecule has 0 spiro atoms. The first-order valence-electron chi connectivity index (χ1n) is 6.66. The fraction of sp³-hybridized carbons (Fsp3) is 0.714. The molecule has 2 saturated carbocycles. The van der Waals surface area contributed by atoms with Crippen molar-refractivity contribution in [2.75, 3.05) is 6.54 Å². The number of hydrogen-bond acceptors (Lipinski definition) is 2. The molecule has 1 aromatic heterocycles. The van der Waals surface area contributed by atoms with E-state index in [2.05, 4.69) is 18.3 Å². The van der Waals surface area contributed by atoms with Crippen molar-refractivity contribution in [3.63, 3.8) is 0 Å². The van der Waals surface area contributed by atoms with Gasteiger partial charge < -0.3 is 9.73 Å². The second-order valence-electron chi connectivity index (χ2n) is 5.28. The third-order valence-electron chi connectivity index (χ3n) is 4.40. The summed E-state index contributed by atoms with van der Waals surface area (Å²) in [5.74, 6) is 4.12. The van der Waals surface area contributed by atoms with Gasteiger partial charge in [-0.1, -0.05) is 13.3 Å². The van der Waals surface area contributed by atoms with Gasteiger partial charge in [0.1, 0.15) is 5.76 Å². The Bertz CT molecular complexity index is 323. The molecule has 1 N–H and O–H groups in total. The maximum Gasteiger partial charge on any atom is 0.105 e. The van der Waals surface area contributed by atoms with E-state index >= 15 is 0 Å². The second-order valence-corrected chi connectivity index (χ2v) is 5.28. The van der Waals surface area contributed by atoms with Gasteiger partial charge in [-0.2, -0.15) is 0 Å². The summed E-state index contributed by atoms with van der Waals surface area (Å²) >= 11 is 0. The summed E-state index contributed by atoms with van der Waals surface area (Å²) < 4.78 is 5.47. The van der Waals surface area contributed by atoms with Crippen LogP contribution in [0.25, 0.3) is 0 Å². The Morgan fingerprint density at radius 3 is 2.88 bits per heavy atom. The molecule has 0 bridgehead atoms. The molecule has 0 aliphatic heterocycles. The Labute approximate surface area is 97.4 Å². The van der Waals surface area contributed by atoms with Gasteiger partial charge in [0.2, 0.25) is 0 Å². The third kappa shape index (κ3) is 1.80. The highest BCUT2D eigenvalue weighted by molar-refractivity contribution is 5.10. The molecule has 2 aliphatic rings. The van der Waals surface area contributed by atoms with Crippen molar-refractivity contribution in [1.82, 2.24) is 5.32 Å². The molecule has 2 nitrogen and oxygen atoms in total. The number of furan rings is 1. The van der Waals surface area contributed by atoms with Crippen molar-refractivity contribution in [2.45, 2.75) is 38.6 Å². The van der Waals surface area contributed by atoms with Crippen LogP contribution in [0.15, 0.2) is 22.8 Å². The van der Waals surface area contributed by atoms with Crippen molar-refractivity contribution in [1.29, 1.82) is 0 Å². The summed E-state index contributed by atoms with van der Waals surface area (Å²) in [6.07, 6.45) is 7.25. The molecule has 0 aromatic carbocycles. The lowest BCUT2D eigenvalue weighted by Crippen LogP contribution is -2.34. The third-order valence-corrected chi connectivity index (χ3v) is 4.40. The predicted molar refractivity (Wildman–Crippen MR) is 64.2 cm³/mol. The van der Waals surface area contributed by atoms with E-state index in [4.69, 9.17) is 4.42 Å². The Hall–Kier alpha value is -0.760. The minimum absolute atomic E-state index is 0.645. The zero-order chi connectivity index (χ0) is 11.0. The first-order chi connectivity index (χ1) is 7.90. The Balaban J connectivity index is 1.63. The summed E-state index contributed by atoms with van der Waals surface area (Å²) in [5.41, 5.74) is 0. The van der Waals surface area contributed by atoms with Gasteiger partial charge >= 0.3 is 0 Å². The summed E-state index contributed by atoms with van der Waals surface area (Å²) in [5, 5.41) is 3.65. The van der Waals surface area contributed by atoms with Gasteiger partial charge in [-0.3, -0.25) is 0 Å². The molecule has 0 saturated heterocycles. The molecule has 1 aromatic rings. The SMILES string of the molecule is CCNC(Cc1ccco1)C1C2CCCC21. The first-order valence-corrected chi connectivity index (χ1v) is 6.66. The molecule has 1 heterocycles. The highest BCUT2D eigenvalue weighted by atomic mass is 16.3. The van der Waals surface area contributed by atoms with Gasteiger partial charge in [0.05, 0.1) is 6.26 Å². The van der Waals surface area contributed by atoms with Crippen LogP contribution in [0.1, 0.15) is 31.9 Å². The fourth-order valence-corrected chi connectivity index (χ4v) is 3.73. The van der Waals surface area contributed by atoms with Crippen molar-refractivity contribution < 1.29 is 4.42 Å². The van der Waals surface area contributed by atoms with E-state index in [1.54, 1.807) is 6.26 Å². The monoisotopic (exact) mass is 219 g/mol. The van der Waals surface area contributed by atoms with E-state index < -0.39 is 0 Å². The number of nitrogens with one attached hydrogen (secondary N) is 1. The van der Waals surface area contributed by atoms with E-state index in [9.17, 15) is 0 Å². The average molecular weight is 219 g/mol. The van der Waals surface area contributed by atoms with E-state index in [-0.39, 0.29) is 0 Å². The molecule has 3 atom stereocenters. The van der Waals surface area contributed by atoms with E-state index in [1.807, 2.05) is 6.07 Å². The zero-order valence-electron chi connectivity index (χ0n) is 9.99. The molecule has 2 aliphatic carbocycles. The van der Waals surface area contributed by atoms with Crippen molar-refractivity contribution in [2.24, 2.45) is 17.8 Å². The Morgan fingerprint density at radius 1 is 1.44 bits per heavy atom. The average Bonchev–Trinajstić information content (AvgIpc) is 2.76. The lowest BCUT2D eigenvalue weighted by Gasteiger charge is -2.18. The molecular formula is C14H21NO. The standard InChI is InChI=1S/C14H21NO/c1-2-15-13(9-10-5-4-8-16-10)14-11-6-3-7-12(11)14/h4-5,8,11-15H,2-3,6-7,9H2,1H3. The molecule has 2 heteroatoms. The second kappa shape index (κ2) is 4.25. The predicted octanol–water partition coefficient (Wildman–Crippen LogP) is 2.85. The quantitative estimate of drug-likeness (QED) is 0.823. The lowest BCUT2D eigenvalue weighted by molar-refractivity contribution is 0.380. The Morgan fingerprint density at radius 2 is 2.25 bits per heavy atom. The molecule has 3 rings (SSSR count). The maximum atomic E-state index is 5.47. The van der Waals surface area contributed by atoms with E-state index in [0.717, 1.165) is 36.5 Å². The smallest absolute Gasteiger partial charge is 0.105 e. The van der Waals surface area contributed by atoms with Gasteiger partial charge in [0.25, 0.3) is 0 Å². The van der Waals surface area contributed by atoms with Crippen LogP contribution < -0.4 is 5.32 Å². The van der Waals surface area contributed by atoms with Crippen molar-refractivity contribution in [3.05, 3.63) is 24.2 Å². The van der Waals surface area contributed by atoms with Crippen LogP contribution in [0.3, 0.4) is 0 Å². The molecule has 0 amide bonds. The lowest BCUT2D eigenvalue weighted by atomic mass is 10.00. The van der Waals surface area contributed by atoms with Crippen LogP contribution in [0.4, 0.5) is 0 Å². The van der Waals surface area contributed by atoms with Crippen LogP contribution in [0.2, 0.25) is 0 Å². The van der Waals surface area contributed by atoms with Crippen LogP contribution in [-0.2, 0) is 6.42 Å². The minimum Gasteiger partial charge on any atom is -0.469 e. The van der Waals surface area contributed by atoms with Crippen LogP contribution in [-0.4, -0.2) is 12.6 Å². The molecule has 88 valence electrons. The van der Waals surface area contributed by atoms with Gasteiger partial charge in [0, 0.05) is 12.5 Å². The molecule has 0 radical (unpaired) electrons. The topological polar surface area (TPSA) is 25.2 Å². The van der Waals surface area contributed by atoms with Crippen LogP contribution in [0, 0.1) is 17.8 Å². The number of hydrogen-bond donors (Lipinski definition) is 1. The summed E-state index contributed by atoms with van der Waals surface area (Å²) in [7, 11) is 0. The maximum absolute atomic E-state index is 5.47. The van der Waals surface area contributed by atoms with Crippen LogP contribution >= 0.6 is 0 Å². The van der Waals surface area contributed by atoms with Gasteiger partial charge in [-0.15, -0.1) is 0 Å². The zero-order valence-corrected chi connectivity index (χ0v) is 9.99. The number of likely N-dealkylation sites (N-methyl/N-ethyl adjacent to an activating group) is 1. The fourth-order valence-electron chi connectivity index (χ4n) is 3.73. The number of fused-ring (bicyclic) bond motifs is 1. The van der Waals surface area contributed by atoms with Crippen LogP contribution in [0.5, 0.6) is 0 Å². The Kier molecular flexibility index (Phi) is 2.76. The highest BCUT2D eigenvalue weighted by Gasteiger charge is 2.55. The van der Waals surface area contributed by atoms with Gasteiger partial charge in [-0.05, 0) is 49.3 Å². The first kappa shape index (κ1) is 10.4. The summed E-state index contributed by atoms with van der Waals surface area (Å²) in [6, 6.07) is 4.74. The highest BCUT2D eigenvalue weighted by Crippen LogP contribution is 2.59.